The van der Waals surface area contributed by atoms with Gasteiger partial charge in [-0.15, -0.1) is 24.0 Å². The van der Waals surface area contributed by atoms with Gasteiger partial charge in [0.15, 0.2) is 5.96 Å². The van der Waals surface area contributed by atoms with Crippen molar-refractivity contribution in [1.29, 1.82) is 0 Å². The third-order valence-corrected chi connectivity index (χ3v) is 5.22. The molecule has 2 N–H and O–H groups in total. The van der Waals surface area contributed by atoms with Crippen molar-refractivity contribution in [1.82, 2.24) is 4.90 Å². The van der Waals surface area contributed by atoms with Crippen LogP contribution in [-0.4, -0.2) is 30.5 Å². The molecule has 0 unspecified atom stereocenters. The van der Waals surface area contributed by atoms with Crippen molar-refractivity contribution in [3.05, 3.63) is 35.4 Å². The maximum absolute atomic E-state index is 6.22. The van der Waals surface area contributed by atoms with Crippen molar-refractivity contribution in [3.8, 4) is 0 Å². The van der Waals surface area contributed by atoms with E-state index in [1.54, 1.807) is 0 Å². The van der Waals surface area contributed by atoms with Crippen LogP contribution in [0.3, 0.4) is 0 Å². The summed E-state index contributed by atoms with van der Waals surface area (Å²) in [7, 11) is 0. The molecule has 0 aromatic heterocycles. The lowest BCUT2D eigenvalue weighted by Crippen LogP contribution is -2.42. The first-order valence-corrected chi connectivity index (χ1v) is 8.22. The number of nitrogens with two attached hydrogens (primary N) is 1. The van der Waals surface area contributed by atoms with Crippen molar-refractivity contribution in [2.75, 3.05) is 19.6 Å². The van der Waals surface area contributed by atoms with Gasteiger partial charge >= 0.3 is 0 Å². The summed E-state index contributed by atoms with van der Waals surface area (Å²) in [6.45, 7) is 7.49. The zero-order valence-corrected chi connectivity index (χ0v) is 16.0. The van der Waals surface area contributed by atoms with E-state index in [1.807, 2.05) is 0 Å². The molecule has 1 aliphatic heterocycles. The number of benzene rings is 1. The molecule has 122 valence electrons. The van der Waals surface area contributed by atoms with Gasteiger partial charge in [0.1, 0.15) is 0 Å². The molecule has 2 aliphatic rings. The fourth-order valence-corrected chi connectivity index (χ4v) is 3.40. The third-order valence-electron chi connectivity index (χ3n) is 5.22. The molecule has 0 spiro atoms. The number of hydrogen-bond acceptors (Lipinski definition) is 1. The Labute approximate surface area is 151 Å². The highest BCUT2D eigenvalue weighted by Crippen LogP contribution is 2.49. The number of rotatable bonds is 3. The SMILES string of the molecule is Cc1ccccc1C1(CN=C(N)N2CCC(C)CC2)CC1.I. The van der Waals surface area contributed by atoms with E-state index in [0.29, 0.717) is 0 Å². The van der Waals surface area contributed by atoms with Gasteiger partial charge in [-0.3, -0.25) is 4.99 Å². The van der Waals surface area contributed by atoms with Gasteiger partial charge in [-0.05, 0) is 49.7 Å². The molecule has 1 heterocycles. The lowest BCUT2D eigenvalue weighted by Gasteiger charge is -2.31. The lowest BCUT2D eigenvalue weighted by molar-refractivity contribution is 0.277. The number of likely N-dealkylation sites (tertiary alicyclic amines) is 1. The van der Waals surface area contributed by atoms with Gasteiger partial charge in [-0.1, -0.05) is 31.2 Å². The molecule has 1 aromatic rings. The summed E-state index contributed by atoms with van der Waals surface area (Å²) in [5.41, 5.74) is 9.34. The monoisotopic (exact) mass is 413 g/mol. The highest BCUT2D eigenvalue weighted by atomic mass is 127. The molecule has 1 saturated heterocycles. The van der Waals surface area contributed by atoms with Gasteiger partial charge in [0, 0.05) is 18.5 Å². The van der Waals surface area contributed by atoms with Gasteiger partial charge in [-0.25, -0.2) is 0 Å². The van der Waals surface area contributed by atoms with Gasteiger partial charge in [-0.2, -0.15) is 0 Å². The number of guanidine groups is 1. The molecule has 4 heteroatoms. The topological polar surface area (TPSA) is 41.6 Å². The van der Waals surface area contributed by atoms with Crippen LogP contribution in [0.1, 0.15) is 43.7 Å². The number of aliphatic imine (C=N–C) groups is 1. The highest BCUT2D eigenvalue weighted by molar-refractivity contribution is 14.0. The van der Waals surface area contributed by atoms with Crippen LogP contribution in [-0.2, 0) is 5.41 Å². The summed E-state index contributed by atoms with van der Waals surface area (Å²) in [5.74, 6) is 1.58. The van der Waals surface area contributed by atoms with Gasteiger partial charge < -0.3 is 10.6 Å². The average molecular weight is 413 g/mol. The summed E-state index contributed by atoms with van der Waals surface area (Å²) in [6, 6.07) is 8.72. The maximum atomic E-state index is 6.22. The summed E-state index contributed by atoms with van der Waals surface area (Å²) in [5, 5.41) is 0. The minimum atomic E-state index is 0. The van der Waals surface area contributed by atoms with Crippen molar-refractivity contribution in [3.63, 3.8) is 0 Å². The number of halogens is 1. The number of aryl methyl sites for hydroxylation is 1. The second kappa shape index (κ2) is 7.20. The van der Waals surface area contributed by atoms with Gasteiger partial charge in [0.2, 0.25) is 0 Å². The van der Waals surface area contributed by atoms with Crippen molar-refractivity contribution < 1.29 is 0 Å². The highest BCUT2D eigenvalue weighted by Gasteiger charge is 2.44. The minimum Gasteiger partial charge on any atom is -0.370 e. The van der Waals surface area contributed by atoms with Crippen LogP contribution in [0.15, 0.2) is 29.3 Å². The predicted octanol–water partition coefficient (Wildman–Crippen LogP) is 3.69. The second-order valence-electron chi connectivity index (χ2n) is 6.94. The average Bonchev–Trinajstić information content (AvgIpc) is 3.27. The van der Waals surface area contributed by atoms with Crippen LogP contribution in [0.25, 0.3) is 0 Å². The molecule has 2 fully saturated rings. The van der Waals surface area contributed by atoms with E-state index in [4.69, 9.17) is 10.7 Å². The predicted molar refractivity (Wildman–Crippen MR) is 104 cm³/mol. The number of nitrogens with zero attached hydrogens (tertiary/aromatic N) is 2. The molecular formula is C18H28IN3. The summed E-state index contributed by atoms with van der Waals surface area (Å²) in [6.07, 6.45) is 4.95. The van der Waals surface area contributed by atoms with E-state index in [1.165, 1.54) is 36.8 Å². The molecule has 3 nitrogen and oxygen atoms in total. The van der Waals surface area contributed by atoms with E-state index >= 15 is 0 Å². The first-order valence-electron chi connectivity index (χ1n) is 8.22. The van der Waals surface area contributed by atoms with Crippen molar-refractivity contribution in [2.24, 2.45) is 16.6 Å². The van der Waals surface area contributed by atoms with E-state index in [-0.39, 0.29) is 29.4 Å². The lowest BCUT2D eigenvalue weighted by atomic mass is 9.92. The van der Waals surface area contributed by atoms with Gasteiger partial charge in [0.25, 0.3) is 0 Å². The molecule has 0 bridgehead atoms. The van der Waals surface area contributed by atoms with E-state index < -0.39 is 0 Å². The molecule has 1 aliphatic carbocycles. The zero-order valence-electron chi connectivity index (χ0n) is 13.7. The normalized spacial score (nSPS) is 21.4. The fraction of sp³-hybridized carbons (Fsp3) is 0.611. The fourth-order valence-electron chi connectivity index (χ4n) is 3.40. The smallest absolute Gasteiger partial charge is 0.191 e. The first-order chi connectivity index (χ1) is 10.1. The van der Waals surface area contributed by atoms with Crippen LogP contribution >= 0.6 is 24.0 Å². The molecular weight excluding hydrogens is 385 g/mol. The number of hydrogen-bond donors (Lipinski definition) is 1. The first kappa shape index (κ1) is 17.6. The van der Waals surface area contributed by atoms with E-state index in [0.717, 1.165) is 31.5 Å². The Kier molecular flexibility index (Phi) is 5.75. The van der Waals surface area contributed by atoms with Crippen LogP contribution in [0.4, 0.5) is 0 Å². The van der Waals surface area contributed by atoms with Gasteiger partial charge in [0.05, 0.1) is 6.54 Å². The Bertz CT molecular complexity index is 529. The quantitative estimate of drug-likeness (QED) is 0.467. The third kappa shape index (κ3) is 3.76. The standard InChI is InChI=1S/C18H27N3.HI/c1-14-7-11-21(12-8-14)17(19)20-13-18(9-10-18)16-6-4-3-5-15(16)2;/h3-6,14H,7-13H2,1-2H3,(H2,19,20);1H. The number of piperidine rings is 1. The summed E-state index contributed by atoms with van der Waals surface area (Å²) >= 11 is 0. The summed E-state index contributed by atoms with van der Waals surface area (Å²) < 4.78 is 0. The minimum absolute atomic E-state index is 0. The Morgan fingerprint density at radius 1 is 1.27 bits per heavy atom. The molecule has 0 radical (unpaired) electrons. The Hall–Kier alpha value is -0.780. The maximum Gasteiger partial charge on any atom is 0.191 e. The van der Waals surface area contributed by atoms with Crippen LogP contribution in [0.5, 0.6) is 0 Å². The summed E-state index contributed by atoms with van der Waals surface area (Å²) in [4.78, 5) is 7.00. The largest absolute Gasteiger partial charge is 0.370 e. The van der Waals surface area contributed by atoms with E-state index in [9.17, 15) is 0 Å². The van der Waals surface area contributed by atoms with Crippen molar-refractivity contribution in [2.45, 2.75) is 44.9 Å². The molecule has 3 rings (SSSR count). The molecule has 0 atom stereocenters. The Morgan fingerprint density at radius 2 is 1.91 bits per heavy atom. The van der Waals surface area contributed by atoms with E-state index in [2.05, 4.69) is 43.0 Å². The molecule has 0 amide bonds. The zero-order chi connectivity index (χ0) is 14.9. The second-order valence-corrected chi connectivity index (χ2v) is 6.94. The van der Waals surface area contributed by atoms with Crippen LogP contribution < -0.4 is 5.73 Å². The molecule has 1 aromatic carbocycles. The Balaban J connectivity index is 0.00000176. The molecule has 1 saturated carbocycles. The molecule has 22 heavy (non-hydrogen) atoms. The van der Waals surface area contributed by atoms with Crippen molar-refractivity contribution >= 4 is 29.9 Å². The Morgan fingerprint density at radius 3 is 2.50 bits per heavy atom. The van der Waals surface area contributed by atoms with Crippen LogP contribution in [0.2, 0.25) is 0 Å². The van der Waals surface area contributed by atoms with Crippen LogP contribution in [0, 0.1) is 12.8 Å².